The van der Waals surface area contributed by atoms with E-state index in [0.29, 0.717) is 0 Å². The highest BCUT2D eigenvalue weighted by Gasteiger charge is 2.77. The standard InChI is InChI=1S/C5H4F8O2/c6-1(7)3(8,9)5(12,13)4(10,11)2(14)15/h1-2,14-15H. The summed E-state index contributed by atoms with van der Waals surface area (Å²) in [4.78, 5) is 0. The summed E-state index contributed by atoms with van der Waals surface area (Å²) in [6.07, 6.45) is -9.26. The summed E-state index contributed by atoms with van der Waals surface area (Å²) < 4.78 is 95.3. The van der Waals surface area contributed by atoms with Crippen LogP contribution in [0.25, 0.3) is 0 Å². The van der Waals surface area contributed by atoms with E-state index in [4.69, 9.17) is 10.2 Å². The smallest absolute Gasteiger partial charge is 0.363 e. The molecular formula is C5H4F8O2. The first kappa shape index (κ1) is 14.4. The molecule has 92 valence electrons. The zero-order valence-corrected chi connectivity index (χ0v) is 6.57. The maximum absolute atomic E-state index is 12.2. The van der Waals surface area contributed by atoms with E-state index < -0.39 is 30.5 Å². The van der Waals surface area contributed by atoms with Crippen molar-refractivity contribution in [1.29, 1.82) is 0 Å². The first-order valence-electron chi connectivity index (χ1n) is 3.16. The van der Waals surface area contributed by atoms with Gasteiger partial charge in [-0.25, -0.2) is 8.78 Å². The van der Waals surface area contributed by atoms with Crippen LogP contribution in [0.4, 0.5) is 35.1 Å². The van der Waals surface area contributed by atoms with E-state index in [-0.39, 0.29) is 0 Å². The largest absolute Gasteiger partial charge is 0.383 e. The van der Waals surface area contributed by atoms with Crippen LogP contribution in [0, 0.1) is 0 Å². The van der Waals surface area contributed by atoms with Crippen LogP contribution in [0.2, 0.25) is 0 Å². The third-order valence-corrected chi connectivity index (χ3v) is 1.44. The zero-order valence-electron chi connectivity index (χ0n) is 6.57. The molecule has 0 saturated carbocycles. The molecule has 0 aliphatic rings. The molecule has 0 unspecified atom stereocenters. The van der Waals surface area contributed by atoms with Gasteiger partial charge in [0.2, 0.25) is 6.29 Å². The number of hydrogen-bond donors (Lipinski definition) is 2. The third kappa shape index (κ3) is 2.00. The Bertz CT molecular complexity index is 203. The van der Waals surface area contributed by atoms with Gasteiger partial charge in [-0.05, 0) is 0 Å². The maximum atomic E-state index is 12.2. The molecule has 0 saturated heterocycles. The summed E-state index contributed by atoms with van der Waals surface area (Å²) >= 11 is 0. The van der Waals surface area contributed by atoms with Crippen molar-refractivity contribution in [2.24, 2.45) is 0 Å². The summed E-state index contributed by atoms with van der Waals surface area (Å²) in [5, 5.41) is 15.4. The normalized spacial score (nSPS) is 15.2. The summed E-state index contributed by atoms with van der Waals surface area (Å²) in [6.45, 7) is 0. The molecule has 0 spiro atoms. The maximum Gasteiger partial charge on any atom is 0.383 e. The average Bonchev–Trinajstić information content (AvgIpc) is 2.02. The van der Waals surface area contributed by atoms with Crippen molar-refractivity contribution < 1.29 is 45.3 Å². The van der Waals surface area contributed by atoms with Crippen LogP contribution in [0.1, 0.15) is 0 Å². The van der Waals surface area contributed by atoms with Gasteiger partial charge in [-0.15, -0.1) is 0 Å². The van der Waals surface area contributed by atoms with Gasteiger partial charge >= 0.3 is 24.2 Å². The van der Waals surface area contributed by atoms with Gasteiger partial charge in [0.1, 0.15) is 0 Å². The van der Waals surface area contributed by atoms with Crippen molar-refractivity contribution >= 4 is 0 Å². The van der Waals surface area contributed by atoms with Crippen LogP contribution in [-0.4, -0.2) is 40.7 Å². The molecular weight excluding hydrogens is 244 g/mol. The minimum absolute atomic E-state index is 4.18. The summed E-state index contributed by atoms with van der Waals surface area (Å²) in [6, 6.07) is 0. The van der Waals surface area contributed by atoms with Crippen LogP contribution in [-0.2, 0) is 0 Å². The fraction of sp³-hybridized carbons (Fsp3) is 1.00. The van der Waals surface area contributed by atoms with Gasteiger partial charge in [-0.2, -0.15) is 26.3 Å². The topological polar surface area (TPSA) is 40.5 Å². The predicted molar refractivity (Wildman–Crippen MR) is 29.1 cm³/mol. The molecule has 0 amide bonds. The van der Waals surface area contributed by atoms with Crippen LogP contribution in [0.5, 0.6) is 0 Å². The molecule has 0 radical (unpaired) electrons. The second kappa shape index (κ2) is 3.74. The van der Waals surface area contributed by atoms with Gasteiger partial charge < -0.3 is 10.2 Å². The monoisotopic (exact) mass is 248 g/mol. The molecule has 0 aliphatic carbocycles. The van der Waals surface area contributed by atoms with E-state index in [1.807, 2.05) is 0 Å². The third-order valence-electron chi connectivity index (χ3n) is 1.44. The van der Waals surface area contributed by atoms with Crippen molar-refractivity contribution in [3.8, 4) is 0 Å². The van der Waals surface area contributed by atoms with Crippen molar-refractivity contribution in [3.63, 3.8) is 0 Å². The molecule has 0 atom stereocenters. The molecule has 0 bridgehead atoms. The van der Waals surface area contributed by atoms with Crippen molar-refractivity contribution in [1.82, 2.24) is 0 Å². The van der Waals surface area contributed by atoms with Gasteiger partial charge in [0, 0.05) is 0 Å². The lowest BCUT2D eigenvalue weighted by atomic mass is 10.0. The number of alkyl halides is 8. The molecule has 0 aliphatic heterocycles. The fourth-order valence-corrected chi connectivity index (χ4v) is 0.521. The van der Waals surface area contributed by atoms with E-state index in [2.05, 4.69) is 0 Å². The second-order valence-electron chi connectivity index (χ2n) is 2.49. The van der Waals surface area contributed by atoms with E-state index in [1.54, 1.807) is 0 Å². The highest BCUT2D eigenvalue weighted by atomic mass is 19.4. The Morgan fingerprint density at radius 2 is 1.07 bits per heavy atom. The van der Waals surface area contributed by atoms with Gasteiger partial charge in [-0.1, -0.05) is 0 Å². The number of rotatable bonds is 4. The molecule has 2 nitrogen and oxygen atoms in total. The molecule has 10 heteroatoms. The quantitative estimate of drug-likeness (QED) is 0.584. The van der Waals surface area contributed by atoms with E-state index in [9.17, 15) is 35.1 Å². The Labute approximate surface area is 77.1 Å². The fourth-order valence-electron chi connectivity index (χ4n) is 0.521. The van der Waals surface area contributed by atoms with Crippen molar-refractivity contribution in [2.75, 3.05) is 0 Å². The van der Waals surface area contributed by atoms with Crippen molar-refractivity contribution in [3.05, 3.63) is 0 Å². The van der Waals surface area contributed by atoms with Gasteiger partial charge in [0.05, 0.1) is 0 Å². The lowest BCUT2D eigenvalue weighted by molar-refractivity contribution is -0.378. The second-order valence-corrected chi connectivity index (χ2v) is 2.49. The first-order chi connectivity index (χ1) is 6.39. The Hall–Kier alpha value is -0.640. The first-order valence-corrected chi connectivity index (χ1v) is 3.16. The average molecular weight is 248 g/mol. The Balaban J connectivity index is 5.30. The van der Waals surface area contributed by atoms with Gasteiger partial charge in [-0.3, -0.25) is 0 Å². The summed E-state index contributed by atoms with van der Waals surface area (Å²) in [5.41, 5.74) is 0. The lowest BCUT2D eigenvalue weighted by Crippen LogP contribution is -2.61. The SMILES string of the molecule is OC(O)C(F)(F)C(F)(F)C(F)(F)C(F)F. The minimum Gasteiger partial charge on any atom is -0.363 e. The van der Waals surface area contributed by atoms with Gasteiger partial charge in [0.15, 0.2) is 0 Å². The number of halogens is 8. The molecule has 0 aromatic carbocycles. The van der Waals surface area contributed by atoms with Gasteiger partial charge in [0.25, 0.3) is 0 Å². The molecule has 0 fully saturated rings. The summed E-state index contributed by atoms with van der Waals surface area (Å²) in [7, 11) is 0. The Morgan fingerprint density at radius 1 is 0.733 bits per heavy atom. The summed E-state index contributed by atoms with van der Waals surface area (Å²) in [5.74, 6) is -19.0. The zero-order chi connectivity index (χ0) is 12.7. The number of aliphatic hydroxyl groups is 2. The molecule has 0 rings (SSSR count). The van der Waals surface area contributed by atoms with Crippen LogP contribution in [0.3, 0.4) is 0 Å². The van der Waals surface area contributed by atoms with E-state index in [0.717, 1.165) is 0 Å². The highest BCUT2D eigenvalue weighted by Crippen LogP contribution is 2.49. The highest BCUT2D eigenvalue weighted by molar-refractivity contribution is 4.98. The predicted octanol–water partition coefficient (Wildman–Crippen LogP) is 1.47. The van der Waals surface area contributed by atoms with Crippen LogP contribution >= 0.6 is 0 Å². The molecule has 2 N–H and O–H groups in total. The molecule has 0 heterocycles. The Morgan fingerprint density at radius 3 is 1.27 bits per heavy atom. The molecule has 0 aromatic heterocycles. The number of aliphatic hydroxyl groups excluding tert-OH is 1. The van der Waals surface area contributed by atoms with Crippen LogP contribution in [0.15, 0.2) is 0 Å². The molecule has 0 aromatic rings. The lowest BCUT2D eigenvalue weighted by Gasteiger charge is -2.32. The minimum atomic E-state index is -6.58. The molecule has 15 heavy (non-hydrogen) atoms. The Kier molecular flexibility index (Phi) is 3.58. The number of hydrogen-bond acceptors (Lipinski definition) is 2. The van der Waals surface area contributed by atoms with E-state index in [1.165, 1.54) is 0 Å². The van der Waals surface area contributed by atoms with Crippen LogP contribution < -0.4 is 0 Å². The van der Waals surface area contributed by atoms with E-state index >= 15 is 0 Å². The van der Waals surface area contributed by atoms with Crippen molar-refractivity contribution in [2.45, 2.75) is 30.5 Å².